The van der Waals surface area contributed by atoms with Crippen LogP contribution < -0.4 is 0 Å². The van der Waals surface area contributed by atoms with E-state index in [9.17, 15) is 4.79 Å². The maximum absolute atomic E-state index is 10.8. The molecule has 0 aliphatic heterocycles. The standard InChI is InChI=1S/C13H23NO/c1-2-3-5-10-13(11-15)14-12-8-6-4-7-9-12/h11-12H,2-10H2,1H3. The third-order valence-electron chi connectivity index (χ3n) is 3.10. The first-order chi connectivity index (χ1) is 7.36. The minimum absolute atomic E-state index is 0.445. The van der Waals surface area contributed by atoms with Crippen LogP contribution in [-0.4, -0.2) is 18.0 Å². The Bertz CT molecular complexity index is 205. The molecule has 0 aromatic rings. The zero-order valence-corrected chi connectivity index (χ0v) is 9.87. The highest BCUT2D eigenvalue weighted by Gasteiger charge is 2.12. The van der Waals surface area contributed by atoms with Gasteiger partial charge in [0.15, 0.2) is 6.29 Å². The van der Waals surface area contributed by atoms with Gasteiger partial charge in [-0.05, 0) is 25.7 Å². The molecule has 86 valence electrons. The summed E-state index contributed by atoms with van der Waals surface area (Å²) in [5.74, 6) is 0. The lowest BCUT2D eigenvalue weighted by atomic mass is 9.96. The van der Waals surface area contributed by atoms with Crippen molar-refractivity contribution in [3.05, 3.63) is 0 Å². The van der Waals surface area contributed by atoms with Crippen LogP contribution >= 0.6 is 0 Å². The molecule has 0 amide bonds. The Labute approximate surface area is 93.2 Å². The predicted molar refractivity (Wildman–Crippen MR) is 64.5 cm³/mol. The maximum Gasteiger partial charge on any atom is 0.163 e. The molecule has 1 rings (SSSR count). The van der Waals surface area contributed by atoms with E-state index in [2.05, 4.69) is 11.9 Å². The molecule has 2 nitrogen and oxygen atoms in total. The Morgan fingerprint density at radius 3 is 2.60 bits per heavy atom. The molecule has 0 unspecified atom stereocenters. The number of carbonyl (C=O) groups excluding carboxylic acids is 1. The molecule has 0 aromatic heterocycles. The third kappa shape index (κ3) is 5.10. The summed E-state index contributed by atoms with van der Waals surface area (Å²) in [7, 11) is 0. The largest absolute Gasteiger partial charge is 0.297 e. The van der Waals surface area contributed by atoms with Crippen molar-refractivity contribution in [1.82, 2.24) is 0 Å². The summed E-state index contributed by atoms with van der Waals surface area (Å²) < 4.78 is 0. The Morgan fingerprint density at radius 2 is 2.00 bits per heavy atom. The minimum Gasteiger partial charge on any atom is -0.297 e. The van der Waals surface area contributed by atoms with Crippen LogP contribution in [0, 0.1) is 0 Å². The van der Waals surface area contributed by atoms with Crippen molar-refractivity contribution >= 4 is 12.0 Å². The van der Waals surface area contributed by atoms with E-state index in [0.717, 1.165) is 24.8 Å². The fourth-order valence-electron chi connectivity index (χ4n) is 2.15. The number of unbranched alkanes of at least 4 members (excludes halogenated alkanes) is 2. The van der Waals surface area contributed by atoms with E-state index in [1.165, 1.54) is 44.9 Å². The van der Waals surface area contributed by atoms with Gasteiger partial charge in [-0.1, -0.05) is 39.0 Å². The first kappa shape index (κ1) is 12.4. The quantitative estimate of drug-likeness (QED) is 0.374. The molecule has 0 N–H and O–H groups in total. The minimum atomic E-state index is 0.445. The molecule has 2 heteroatoms. The van der Waals surface area contributed by atoms with Crippen molar-refractivity contribution in [2.45, 2.75) is 70.8 Å². The highest BCUT2D eigenvalue weighted by Crippen LogP contribution is 2.20. The lowest BCUT2D eigenvalue weighted by molar-refractivity contribution is -0.102. The monoisotopic (exact) mass is 209 g/mol. The van der Waals surface area contributed by atoms with E-state index in [1.54, 1.807) is 0 Å². The van der Waals surface area contributed by atoms with Crippen LogP contribution in [0.2, 0.25) is 0 Å². The average Bonchev–Trinajstić information content (AvgIpc) is 2.29. The lowest BCUT2D eigenvalue weighted by Gasteiger charge is -2.18. The molecule has 0 bridgehead atoms. The summed E-state index contributed by atoms with van der Waals surface area (Å²) in [5.41, 5.74) is 0.801. The molecular weight excluding hydrogens is 186 g/mol. The van der Waals surface area contributed by atoms with E-state index in [-0.39, 0.29) is 0 Å². The van der Waals surface area contributed by atoms with Crippen molar-refractivity contribution < 1.29 is 4.79 Å². The van der Waals surface area contributed by atoms with Gasteiger partial charge in [0, 0.05) is 0 Å². The summed E-state index contributed by atoms with van der Waals surface area (Å²) in [6, 6.07) is 0.445. The van der Waals surface area contributed by atoms with Gasteiger partial charge in [-0.15, -0.1) is 0 Å². The normalized spacial score (nSPS) is 19.1. The molecule has 1 aliphatic rings. The van der Waals surface area contributed by atoms with E-state index >= 15 is 0 Å². The fourth-order valence-corrected chi connectivity index (χ4v) is 2.15. The van der Waals surface area contributed by atoms with Crippen LogP contribution in [0.15, 0.2) is 4.99 Å². The summed E-state index contributed by atoms with van der Waals surface area (Å²) in [5, 5.41) is 0. The molecule has 15 heavy (non-hydrogen) atoms. The molecule has 1 fully saturated rings. The molecule has 0 atom stereocenters. The van der Waals surface area contributed by atoms with Crippen molar-refractivity contribution in [3.63, 3.8) is 0 Å². The van der Waals surface area contributed by atoms with Gasteiger partial charge in [-0.25, -0.2) is 0 Å². The Morgan fingerprint density at radius 1 is 1.27 bits per heavy atom. The van der Waals surface area contributed by atoms with Crippen LogP contribution in [0.3, 0.4) is 0 Å². The van der Waals surface area contributed by atoms with Crippen LogP contribution in [0.5, 0.6) is 0 Å². The number of hydrogen-bond donors (Lipinski definition) is 0. The maximum atomic E-state index is 10.8. The highest BCUT2D eigenvalue weighted by atomic mass is 16.1. The van der Waals surface area contributed by atoms with Gasteiger partial charge in [0.1, 0.15) is 0 Å². The van der Waals surface area contributed by atoms with Crippen molar-refractivity contribution in [2.75, 3.05) is 0 Å². The number of hydrogen-bond acceptors (Lipinski definition) is 2. The van der Waals surface area contributed by atoms with Gasteiger partial charge in [0.05, 0.1) is 11.8 Å². The first-order valence-electron chi connectivity index (χ1n) is 6.38. The number of aldehydes is 1. The molecule has 0 radical (unpaired) electrons. The summed E-state index contributed by atoms with van der Waals surface area (Å²) in [4.78, 5) is 15.4. The van der Waals surface area contributed by atoms with Gasteiger partial charge in [0.2, 0.25) is 0 Å². The van der Waals surface area contributed by atoms with Gasteiger partial charge in [-0.2, -0.15) is 0 Å². The van der Waals surface area contributed by atoms with Crippen molar-refractivity contribution in [3.8, 4) is 0 Å². The predicted octanol–water partition coefficient (Wildman–Crippen LogP) is 3.54. The topological polar surface area (TPSA) is 29.4 Å². The smallest absolute Gasteiger partial charge is 0.163 e. The average molecular weight is 209 g/mol. The summed E-state index contributed by atoms with van der Waals surface area (Å²) in [6.45, 7) is 2.18. The molecular formula is C13H23NO. The molecule has 0 saturated heterocycles. The molecule has 0 aromatic carbocycles. The van der Waals surface area contributed by atoms with Crippen LogP contribution in [-0.2, 0) is 4.79 Å². The van der Waals surface area contributed by atoms with Gasteiger partial charge in [0.25, 0.3) is 0 Å². The molecule has 0 heterocycles. The second-order valence-corrected chi connectivity index (χ2v) is 4.49. The number of carbonyl (C=O) groups is 1. The third-order valence-corrected chi connectivity index (χ3v) is 3.10. The van der Waals surface area contributed by atoms with Gasteiger partial charge < -0.3 is 0 Å². The van der Waals surface area contributed by atoms with E-state index in [4.69, 9.17) is 0 Å². The van der Waals surface area contributed by atoms with Gasteiger partial charge >= 0.3 is 0 Å². The number of aliphatic imine (C=N–C) groups is 1. The lowest BCUT2D eigenvalue weighted by Crippen LogP contribution is -2.13. The first-order valence-corrected chi connectivity index (χ1v) is 6.38. The van der Waals surface area contributed by atoms with Crippen LogP contribution in [0.1, 0.15) is 64.7 Å². The SMILES string of the molecule is CCCCCC(C=O)=NC1CCCCC1. The fraction of sp³-hybridized carbons (Fsp3) is 0.846. The Balaban J connectivity index is 2.33. The second-order valence-electron chi connectivity index (χ2n) is 4.49. The molecule has 1 saturated carbocycles. The summed E-state index contributed by atoms with van der Waals surface area (Å²) in [6.07, 6.45) is 11.7. The number of nitrogens with zero attached hydrogens (tertiary/aromatic N) is 1. The Kier molecular flexibility index (Phi) is 6.29. The Hall–Kier alpha value is -0.660. The highest BCUT2D eigenvalue weighted by molar-refractivity contribution is 6.28. The summed E-state index contributed by atoms with van der Waals surface area (Å²) >= 11 is 0. The van der Waals surface area contributed by atoms with Crippen LogP contribution in [0.25, 0.3) is 0 Å². The van der Waals surface area contributed by atoms with E-state index < -0.39 is 0 Å². The van der Waals surface area contributed by atoms with E-state index in [1.807, 2.05) is 0 Å². The van der Waals surface area contributed by atoms with Crippen LogP contribution in [0.4, 0.5) is 0 Å². The zero-order chi connectivity index (χ0) is 10.9. The number of rotatable bonds is 6. The molecule has 0 spiro atoms. The van der Waals surface area contributed by atoms with Gasteiger partial charge in [-0.3, -0.25) is 9.79 Å². The second kappa shape index (κ2) is 7.61. The van der Waals surface area contributed by atoms with Crippen molar-refractivity contribution in [1.29, 1.82) is 0 Å². The molecule has 1 aliphatic carbocycles. The van der Waals surface area contributed by atoms with Crippen molar-refractivity contribution in [2.24, 2.45) is 4.99 Å². The zero-order valence-electron chi connectivity index (χ0n) is 9.87. The van der Waals surface area contributed by atoms with E-state index in [0.29, 0.717) is 6.04 Å².